The lowest BCUT2D eigenvalue weighted by molar-refractivity contribution is -0.140. The Hall–Kier alpha value is -1.30. The van der Waals surface area contributed by atoms with E-state index in [4.69, 9.17) is 0 Å². The Balaban J connectivity index is 2.65. The van der Waals surface area contributed by atoms with E-state index in [9.17, 15) is 9.59 Å². The molecule has 16 heavy (non-hydrogen) atoms. The highest BCUT2D eigenvalue weighted by Crippen LogP contribution is 2.22. The Morgan fingerprint density at radius 2 is 2.38 bits per heavy atom. The van der Waals surface area contributed by atoms with Crippen molar-refractivity contribution in [1.82, 2.24) is 9.97 Å². The molecule has 0 saturated carbocycles. The van der Waals surface area contributed by atoms with Crippen molar-refractivity contribution >= 4 is 17.7 Å². The highest BCUT2D eigenvalue weighted by Gasteiger charge is 2.11. The Labute approximate surface area is 97.6 Å². The van der Waals surface area contributed by atoms with Gasteiger partial charge in [-0.25, -0.2) is 4.98 Å². The molecule has 0 fully saturated rings. The molecule has 1 heterocycles. The van der Waals surface area contributed by atoms with Crippen LogP contribution in [0.2, 0.25) is 0 Å². The first-order valence-electron chi connectivity index (χ1n) is 4.82. The first-order valence-corrected chi connectivity index (χ1v) is 5.70. The summed E-state index contributed by atoms with van der Waals surface area (Å²) in [7, 11) is 1.36. The maximum Gasteiger partial charge on any atom is 0.306 e. The lowest BCUT2D eigenvalue weighted by Gasteiger charge is -2.08. The second kappa shape index (κ2) is 5.69. The minimum Gasteiger partial charge on any atom is -0.469 e. The molecule has 5 nitrogen and oxygen atoms in total. The van der Waals surface area contributed by atoms with Gasteiger partial charge in [-0.1, -0.05) is 6.92 Å². The maximum atomic E-state index is 11.2. The number of nitrogens with one attached hydrogen (secondary N) is 1. The smallest absolute Gasteiger partial charge is 0.306 e. The number of aryl methyl sites for hydroxylation is 1. The van der Waals surface area contributed by atoms with Crippen LogP contribution < -0.4 is 5.56 Å². The third-order valence-corrected chi connectivity index (χ3v) is 2.86. The topological polar surface area (TPSA) is 72.1 Å². The van der Waals surface area contributed by atoms with Crippen LogP contribution in [0.15, 0.2) is 15.9 Å². The minimum atomic E-state index is -0.262. The SMILES string of the molecule is COC(=O)CC(C)Sc1cc(=O)[nH]c(C)n1. The number of aromatic amines is 1. The van der Waals surface area contributed by atoms with Crippen LogP contribution in [0.4, 0.5) is 0 Å². The predicted molar refractivity (Wildman–Crippen MR) is 61.5 cm³/mol. The lowest BCUT2D eigenvalue weighted by Crippen LogP contribution is -2.11. The molecular formula is C10H14N2O3S. The molecule has 0 saturated heterocycles. The molecule has 1 aromatic heterocycles. The van der Waals surface area contributed by atoms with E-state index in [2.05, 4.69) is 14.7 Å². The largest absolute Gasteiger partial charge is 0.469 e. The second-order valence-electron chi connectivity index (χ2n) is 3.38. The third kappa shape index (κ3) is 4.06. The number of thioether (sulfide) groups is 1. The molecule has 1 N–H and O–H groups in total. The van der Waals surface area contributed by atoms with Gasteiger partial charge >= 0.3 is 5.97 Å². The normalized spacial score (nSPS) is 12.2. The Bertz CT molecular complexity index is 430. The van der Waals surface area contributed by atoms with E-state index in [0.717, 1.165) is 0 Å². The fraction of sp³-hybridized carbons (Fsp3) is 0.500. The zero-order chi connectivity index (χ0) is 12.1. The maximum absolute atomic E-state index is 11.2. The standard InChI is InChI=1S/C10H14N2O3S/c1-6(4-10(14)15-3)16-9-5-8(13)11-7(2)12-9/h5-6H,4H2,1-3H3,(H,11,12,13). The number of hydrogen-bond acceptors (Lipinski definition) is 5. The zero-order valence-corrected chi connectivity index (χ0v) is 10.3. The number of ether oxygens (including phenoxy) is 1. The van der Waals surface area contributed by atoms with Crippen LogP contribution in [-0.4, -0.2) is 28.3 Å². The van der Waals surface area contributed by atoms with Crippen LogP contribution in [0.5, 0.6) is 0 Å². The molecule has 0 aliphatic rings. The summed E-state index contributed by atoms with van der Waals surface area (Å²) < 4.78 is 4.57. The number of rotatable bonds is 4. The first kappa shape index (κ1) is 12.8. The average molecular weight is 242 g/mol. The van der Waals surface area contributed by atoms with Gasteiger partial charge in [-0.05, 0) is 6.92 Å². The van der Waals surface area contributed by atoms with Gasteiger partial charge in [0.1, 0.15) is 10.9 Å². The van der Waals surface area contributed by atoms with Crippen LogP contribution in [0, 0.1) is 6.92 Å². The molecule has 0 bridgehead atoms. The van der Waals surface area contributed by atoms with E-state index in [1.807, 2.05) is 6.92 Å². The third-order valence-electron chi connectivity index (χ3n) is 1.84. The number of aromatic nitrogens is 2. The summed E-state index contributed by atoms with van der Waals surface area (Å²) in [5.74, 6) is 0.307. The van der Waals surface area contributed by atoms with Crippen molar-refractivity contribution in [2.24, 2.45) is 0 Å². The molecule has 0 aromatic carbocycles. The highest BCUT2D eigenvalue weighted by molar-refractivity contribution is 7.99. The number of methoxy groups -OCH3 is 1. The quantitative estimate of drug-likeness (QED) is 0.486. The molecule has 1 rings (SSSR count). The molecule has 0 aliphatic heterocycles. The van der Waals surface area contributed by atoms with Crippen LogP contribution in [0.1, 0.15) is 19.2 Å². The summed E-state index contributed by atoms with van der Waals surface area (Å²) in [6.45, 7) is 3.61. The van der Waals surface area contributed by atoms with Gasteiger partial charge in [-0.15, -0.1) is 11.8 Å². The van der Waals surface area contributed by atoms with Crippen molar-refractivity contribution in [3.05, 3.63) is 22.2 Å². The Morgan fingerprint density at radius 3 is 2.94 bits per heavy atom. The summed E-state index contributed by atoms with van der Waals surface area (Å²) in [5, 5.41) is 0.652. The van der Waals surface area contributed by atoms with Crippen LogP contribution in [-0.2, 0) is 9.53 Å². The summed E-state index contributed by atoms with van der Waals surface area (Å²) in [4.78, 5) is 28.9. The van der Waals surface area contributed by atoms with Crippen molar-refractivity contribution in [2.75, 3.05) is 7.11 Å². The fourth-order valence-electron chi connectivity index (χ4n) is 1.18. The van der Waals surface area contributed by atoms with Gasteiger partial charge in [-0.3, -0.25) is 9.59 Å². The summed E-state index contributed by atoms with van der Waals surface area (Å²) in [6.07, 6.45) is 0.300. The fourth-order valence-corrected chi connectivity index (χ4v) is 2.17. The van der Waals surface area contributed by atoms with Crippen molar-refractivity contribution < 1.29 is 9.53 Å². The molecule has 1 aromatic rings. The summed E-state index contributed by atoms with van der Waals surface area (Å²) in [5.41, 5.74) is -0.180. The van der Waals surface area contributed by atoms with Gasteiger partial charge < -0.3 is 9.72 Å². The van der Waals surface area contributed by atoms with E-state index in [0.29, 0.717) is 17.3 Å². The Kier molecular flexibility index (Phi) is 4.54. The predicted octanol–water partition coefficient (Wildman–Crippen LogP) is 1.12. The summed E-state index contributed by atoms with van der Waals surface area (Å²) in [6, 6.07) is 1.42. The van der Waals surface area contributed by atoms with Crippen molar-refractivity contribution in [3.8, 4) is 0 Å². The molecule has 0 aliphatic carbocycles. The molecule has 1 unspecified atom stereocenters. The molecule has 0 radical (unpaired) electrons. The minimum absolute atomic E-state index is 0.0288. The molecule has 6 heteroatoms. The van der Waals surface area contributed by atoms with Gasteiger partial charge in [0.2, 0.25) is 0 Å². The molecule has 0 spiro atoms. The van der Waals surface area contributed by atoms with Gasteiger partial charge in [0.15, 0.2) is 0 Å². The zero-order valence-electron chi connectivity index (χ0n) is 9.44. The number of hydrogen-bond donors (Lipinski definition) is 1. The van der Waals surface area contributed by atoms with E-state index >= 15 is 0 Å². The Morgan fingerprint density at radius 1 is 1.69 bits per heavy atom. The van der Waals surface area contributed by atoms with Crippen LogP contribution in [0.25, 0.3) is 0 Å². The number of nitrogens with zero attached hydrogens (tertiary/aromatic N) is 1. The number of carbonyl (C=O) groups is 1. The molecule has 1 atom stereocenters. The van der Waals surface area contributed by atoms with Gasteiger partial charge in [0.25, 0.3) is 5.56 Å². The van der Waals surface area contributed by atoms with Crippen molar-refractivity contribution in [3.63, 3.8) is 0 Å². The first-order chi connectivity index (χ1) is 7.51. The number of esters is 1. The van der Waals surface area contributed by atoms with Crippen molar-refractivity contribution in [2.45, 2.75) is 30.5 Å². The van der Waals surface area contributed by atoms with E-state index in [1.54, 1.807) is 6.92 Å². The summed E-state index contributed by atoms with van der Waals surface area (Å²) >= 11 is 1.38. The number of carbonyl (C=O) groups excluding carboxylic acids is 1. The van der Waals surface area contributed by atoms with Gasteiger partial charge in [-0.2, -0.15) is 0 Å². The monoisotopic (exact) mass is 242 g/mol. The van der Waals surface area contributed by atoms with Gasteiger partial charge in [0.05, 0.1) is 13.5 Å². The van der Waals surface area contributed by atoms with Crippen molar-refractivity contribution in [1.29, 1.82) is 0 Å². The van der Waals surface area contributed by atoms with E-state index in [1.165, 1.54) is 24.9 Å². The second-order valence-corrected chi connectivity index (χ2v) is 4.84. The highest BCUT2D eigenvalue weighted by atomic mass is 32.2. The molecular weight excluding hydrogens is 228 g/mol. The molecule has 0 amide bonds. The van der Waals surface area contributed by atoms with E-state index in [-0.39, 0.29) is 16.8 Å². The lowest BCUT2D eigenvalue weighted by atomic mass is 10.3. The van der Waals surface area contributed by atoms with Crippen LogP contribution in [0.3, 0.4) is 0 Å². The van der Waals surface area contributed by atoms with E-state index < -0.39 is 0 Å². The van der Waals surface area contributed by atoms with Gasteiger partial charge in [0, 0.05) is 11.3 Å². The number of H-pyrrole nitrogens is 1. The van der Waals surface area contributed by atoms with Crippen LogP contribution >= 0.6 is 11.8 Å². The average Bonchev–Trinajstić information content (AvgIpc) is 2.15. The molecule has 88 valence electrons.